The van der Waals surface area contributed by atoms with E-state index < -0.39 is 23.6 Å². The van der Waals surface area contributed by atoms with Crippen LogP contribution in [0.2, 0.25) is 0 Å². The molecule has 0 amide bonds. The Morgan fingerprint density at radius 2 is 2.18 bits per heavy atom. The second-order valence-electron chi connectivity index (χ2n) is 4.49. The molecule has 7 heteroatoms. The van der Waals surface area contributed by atoms with Gasteiger partial charge in [0.25, 0.3) is 0 Å². The number of carboxylic acids is 1. The van der Waals surface area contributed by atoms with Crippen molar-refractivity contribution < 1.29 is 14.7 Å². The molecule has 0 aliphatic carbocycles. The van der Waals surface area contributed by atoms with E-state index in [1.165, 1.54) is 6.34 Å². The van der Waals surface area contributed by atoms with Crippen LogP contribution in [-0.4, -0.2) is 59.3 Å². The van der Waals surface area contributed by atoms with Crippen molar-refractivity contribution in [1.82, 2.24) is 4.90 Å². The van der Waals surface area contributed by atoms with E-state index in [4.69, 9.17) is 16.6 Å². The largest absolute Gasteiger partial charge is 0.480 e. The first-order chi connectivity index (χ1) is 7.78. The van der Waals surface area contributed by atoms with Crippen LogP contribution < -0.4 is 11.5 Å². The fourth-order valence-electron chi connectivity index (χ4n) is 1.94. The Hall–Kier alpha value is -1.47. The van der Waals surface area contributed by atoms with E-state index in [1.54, 1.807) is 18.9 Å². The zero-order chi connectivity index (χ0) is 13.2. The highest BCUT2D eigenvalue weighted by Crippen LogP contribution is 2.25. The van der Waals surface area contributed by atoms with Crippen LogP contribution in [0.25, 0.3) is 0 Å². The van der Waals surface area contributed by atoms with Crippen molar-refractivity contribution in [3.63, 3.8) is 0 Å². The third-order valence-corrected chi connectivity index (χ3v) is 2.76. The molecule has 0 spiro atoms. The number of hydrogen-bond acceptors (Lipinski definition) is 6. The van der Waals surface area contributed by atoms with E-state index in [2.05, 4.69) is 4.99 Å². The third-order valence-electron chi connectivity index (χ3n) is 2.76. The van der Waals surface area contributed by atoms with Crippen LogP contribution in [0.5, 0.6) is 0 Å². The molecule has 0 aromatic carbocycles. The van der Waals surface area contributed by atoms with E-state index in [0.717, 1.165) is 0 Å². The second kappa shape index (κ2) is 4.80. The molecule has 7 nitrogen and oxygen atoms in total. The van der Waals surface area contributed by atoms with Gasteiger partial charge < -0.3 is 21.5 Å². The zero-order valence-electron chi connectivity index (χ0n) is 9.96. The summed E-state index contributed by atoms with van der Waals surface area (Å²) in [6.07, 6.45) is 1.47. The van der Waals surface area contributed by atoms with Gasteiger partial charge in [0.15, 0.2) is 5.78 Å². The highest BCUT2D eigenvalue weighted by Gasteiger charge is 2.45. The van der Waals surface area contributed by atoms with E-state index >= 15 is 0 Å². The number of nitrogens with zero attached hydrogens (tertiary/aromatic N) is 2. The normalized spacial score (nSPS) is 26.9. The summed E-state index contributed by atoms with van der Waals surface area (Å²) >= 11 is 0. The lowest BCUT2D eigenvalue weighted by atomic mass is 9.85. The third kappa shape index (κ3) is 2.80. The Morgan fingerprint density at radius 1 is 1.59 bits per heavy atom. The number of hydrogen-bond donors (Lipinski definition) is 3. The van der Waals surface area contributed by atoms with Gasteiger partial charge in [0.2, 0.25) is 0 Å². The average molecular weight is 242 g/mol. The van der Waals surface area contributed by atoms with Gasteiger partial charge in [-0.25, -0.2) is 0 Å². The Balaban J connectivity index is 2.93. The molecule has 0 aromatic heterocycles. The fourth-order valence-corrected chi connectivity index (χ4v) is 1.94. The van der Waals surface area contributed by atoms with Crippen LogP contribution in [0.15, 0.2) is 4.99 Å². The van der Waals surface area contributed by atoms with Gasteiger partial charge >= 0.3 is 5.97 Å². The van der Waals surface area contributed by atoms with Crippen LogP contribution in [0, 0.1) is 0 Å². The second-order valence-corrected chi connectivity index (χ2v) is 4.49. The number of aliphatic imine (C=N–C) groups is 1. The van der Waals surface area contributed by atoms with E-state index in [9.17, 15) is 9.59 Å². The Bertz CT molecular complexity index is 355. The maximum atomic E-state index is 12.1. The van der Waals surface area contributed by atoms with Crippen molar-refractivity contribution >= 4 is 18.1 Å². The summed E-state index contributed by atoms with van der Waals surface area (Å²) in [7, 11) is 1.76. The van der Waals surface area contributed by atoms with Crippen molar-refractivity contribution in [2.45, 2.75) is 31.0 Å². The number of carbonyl (C=O) groups excluding carboxylic acids is 1. The molecule has 0 saturated carbocycles. The minimum absolute atomic E-state index is 0.0381. The molecule has 1 rings (SSSR count). The molecule has 0 fully saturated rings. The number of nitrogens with two attached hydrogens (primary N) is 2. The quantitative estimate of drug-likeness (QED) is 0.534. The topological polar surface area (TPSA) is 122 Å². The Morgan fingerprint density at radius 3 is 2.53 bits per heavy atom. The van der Waals surface area contributed by atoms with Crippen molar-refractivity contribution in [3.05, 3.63) is 0 Å². The van der Waals surface area contributed by atoms with E-state index in [1.807, 2.05) is 0 Å². The summed E-state index contributed by atoms with van der Waals surface area (Å²) in [6, 6.07) is -1.82. The predicted octanol–water partition coefficient (Wildman–Crippen LogP) is -1.58. The van der Waals surface area contributed by atoms with Crippen LogP contribution in [0.4, 0.5) is 0 Å². The lowest BCUT2D eigenvalue weighted by Crippen LogP contribution is -2.53. The lowest BCUT2D eigenvalue weighted by molar-refractivity contribution is -0.139. The summed E-state index contributed by atoms with van der Waals surface area (Å²) in [4.78, 5) is 28.7. The van der Waals surface area contributed by atoms with Gasteiger partial charge in [-0.3, -0.25) is 14.6 Å². The number of aliphatic carboxylic acids is 1. The molecule has 1 aliphatic rings. The number of carboxylic acid groups (broad SMARTS) is 1. The first-order valence-electron chi connectivity index (χ1n) is 5.32. The van der Waals surface area contributed by atoms with Crippen molar-refractivity contribution in [2.75, 3.05) is 13.6 Å². The van der Waals surface area contributed by atoms with Gasteiger partial charge in [-0.05, 0) is 6.92 Å². The highest BCUT2D eigenvalue weighted by molar-refractivity contribution is 5.96. The predicted molar refractivity (Wildman–Crippen MR) is 62.7 cm³/mol. The first-order valence-corrected chi connectivity index (χ1v) is 5.32. The van der Waals surface area contributed by atoms with Gasteiger partial charge in [0, 0.05) is 13.5 Å². The van der Waals surface area contributed by atoms with Gasteiger partial charge in [-0.1, -0.05) is 0 Å². The van der Waals surface area contributed by atoms with Crippen LogP contribution in [0.1, 0.15) is 13.3 Å². The number of Topliss-reactive ketones (excluding diaryl/α,β-unsaturated/α-hetero) is 1. The maximum absolute atomic E-state index is 12.1. The number of likely N-dealkylation sites (N-methyl/N-ethyl adjacent to an activating group) is 1. The molecule has 3 atom stereocenters. The lowest BCUT2D eigenvalue weighted by Gasteiger charge is -2.28. The van der Waals surface area contributed by atoms with E-state index in [0.29, 0.717) is 6.54 Å². The standard InChI is InChI=1S/C10H18N4O3/c1-6(11)8(15)10(3-7(12)9(16)17)4-14(2)5-13-10/h5-7H,3-4,11-12H2,1-2H3,(H,16,17)/t6-,7-,10?/m0/s1. The number of ketones is 1. The van der Waals surface area contributed by atoms with Gasteiger partial charge in [-0.15, -0.1) is 0 Å². The minimum Gasteiger partial charge on any atom is -0.480 e. The van der Waals surface area contributed by atoms with Crippen LogP contribution in [0.3, 0.4) is 0 Å². The maximum Gasteiger partial charge on any atom is 0.320 e. The fraction of sp³-hybridized carbons (Fsp3) is 0.700. The summed E-state index contributed by atoms with van der Waals surface area (Å²) in [5, 5.41) is 8.81. The molecule has 96 valence electrons. The molecule has 0 saturated heterocycles. The molecular formula is C10H18N4O3. The molecule has 0 aromatic rings. The minimum atomic E-state index is -1.15. The Labute approximate surface area is 99.5 Å². The molecule has 1 heterocycles. The summed E-state index contributed by atoms with van der Waals surface area (Å²) < 4.78 is 0. The van der Waals surface area contributed by atoms with Crippen molar-refractivity contribution in [3.8, 4) is 0 Å². The van der Waals surface area contributed by atoms with Crippen molar-refractivity contribution in [2.24, 2.45) is 16.5 Å². The summed E-state index contributed by atoms with van der Waals surface area (Å²) in [6.45, 7) is 1.87. The van der Waals surface area contributed by atoms with E-state index in [-0.39, 0.29) is 12.2 Å². The number of rotatable bonds is 5. The molecule has 1 aliphatic heterocycles. The molecule has 0 bridgehead atoms. The van der Waals surface area contributed by atoms with Crippen LogP contribution in [-0.2, 0) is 9.59 Å². The van der Waals surface area contributed by atoms with Gasteiger partial charge in [0.05, 0.1) is 18.9 Å². The molecule has 17 heavy (non-hydrogen) atoms. The highest BCUT2D eigenvalue weighted by atomic mass is 16.4. The number of carbonyl (C=O) groups is 2. The summed E-state index contributed by atoms with van der Waals surface area (Å²) in [5.41, 5.74) is 9.92. The SMILES string of the molecule is C[C@H](N)C(=O)C1(C[C@H](N)C(=O)O)CN(C)C=N1. The summed E-state index contributed by atoms with van der Waals surface area (Å²) in [5.74, 6) is -1.43. The van der Waals surface area contributed by atoms with Gasteiger partial charge in [-0.2, -0.15) is 0 Å². The molecular weight excluding hydrogens is 224 g/mol. The molecule has 5 N–H and O–H groups in total. The zero-order valence-corrected chi connectivity index (χ0v) is 9.96. The first kappa shape index (κ1) is 13.6. The average Bonchev–Trinajstić information content (AvgIpc) is 2.59. The molecule has 0 radical (unpaired) electrons. The van der Waals surface area contributed by atoms with Gasteiger partial charge in [0.1, 0.15) is 11.6 Å². The Kier molecular flexibility index (Phi) is 3.84. The molecule has 1 unspecified atom stereocenters. The monoisotopic (exact) mass is 242 g/mol. The van der Waals surface area contributed by atoms with Crippen molar-refractivity contribution in [1.29, 1.82) is 0 Å². The smallest absolute Gasteiger partial charge is 0.320 e. The van der Waals surface area contributed by atoms with Crippen LogP contribution >= 0.6 is 0 Å².